The van der Waals surface area contributed by atoms with Crippen molar-refractivity contribution in [3.8, 4) is 0 Å². The quantitative estimate of drug-likeness (QED) is 0.794. The third-order valence-corrected chi connectivity index (χ3v) is 3.27. The topological polar surface area (TPSA) is 46.9 Å². The molecule has 0 bridgehead atoms. The zero-order valence-corrected chi connectivity index (χ0v) is 9.23. The van der Waals surface area contributed by atoms with Gasteiger partial charge >= 0.3 is 0 Å². The Labute approximate surface area is 89.7 Å². The summed E-state index contributed by atoms with van der Waals surface area (Å²) < 4.78 is 2.02. The van der Waals surface area contributed by atoms with Crippen molar-refractivity contribution in [1.82, 2.24) is 14.9 Å². The van der Waals surface area contributed by atoms with E-state index in [0.29, 0.717) is 5.92 Å². The van der Waals surface area contributed by atoms with E-state index < -0.39 is 0 Å². The highest BCUT2D eigenvalue weighted by Crippen LogP contribution is 2.24. The lowest BCUT2D eigenvalue weighted by Crippen LogP contribution is -2.19. The van der Waals surface area contributed by atoms with Crippen LogP contribution in [0.25, 0.3) is 0 Å². The summed E-state index contributed by atoms with van der Waals surface area (Å²) in [7, 11) is 1.99. The zero-order valence-electron chi connectivity index (χ0n) is 9.23. The average Bonchev–Trinajstić information content (AvgIpc) is 2.76. The first kappa shape index (κ1) is 10.2. The Morgan fingerprint density at radius 2 is 2.47 bits per heavy atom. The largest absolute Gasteiger partial charge is 0.356 e. The molecule has 1 N–H and O–H groups in total. The highest BCUT2D eigenvalue weighted by Gasteiger charge is 2.33. The van der Waals surface area contributed by atoms with E-state index >= 15 is 0 Å². The van der Waals surface area contributed by atoms with E-state index in [4.69, 9.17) is 0 Å². The van der Waals surface area contributed by atoms with Gasteiger partial charge in [0.15, 0.2) is 0 Å². The summed E-state index contributed by atoms with van der Waals surface area (Å²) in [6.07, 6.45) is 5.55. The molecule has 1 aromatic heterocycles. The number of amides is 1. The van der Waals surface area contributed by atoms with Crippen LogP contribution in [0.1, 0.15) is 19.0 Å². The van der Waals surface area contributed by atoms with E-state index in [-0.39, 0.29) is 11.8 Å². The Morgan fingerprint density at radius 3 is 3.07 bits per heavy atom. The van der Waals surface area contributed by atoms with Crippen LogP contribution in [0.3, 0.4) is 0 Å². The molecule has 2 atom stereocenters. The van der Waals surface area contributed by atoms with Crippen molar-refractivity contribution in [2.75, 3.05) is 6.54 Å². The van der Waals surface area contributed by atoms with Crippen LogP contribution in [-0.4, -0.2) is 22.0 Å². The predicted octanol–water partition coefficient (Wildman–Crippen LogP) is 0.735. The van der Waals surface area contributed by atoms with Crippen LogP contribution < -0.4 is 5.32 Å². The van der Waals surface area contributed by atoms with Crippen molar-refractivity contribution in [3.05, 3.63) is 18.2 Å². The molecule has 1 amide bonds. The minimum absolute atomic E-state index is 0.180. The summed E-state index contributed by atoms with van der Waals surface area (Å²) in [6.45, 7) is 2.88. The molecule has 1 fully saturated rings. The fourth-order valence-electron chi connectivity index (χ4n) is 2.30. The molecule has 0 saturated carbocycles. The van der Waals surface area contributed by atoms with Crippen LogP contribution in [0.5, 0.6) is 0 Å². The third kappa shape index (κ3) is 1.89. The van der Waals surface area contributed by atoms with Crippen molar-refractivity contribution in [1.29, 1.82) is 0 Å². The minimum Gasteiger partial charge on any atom is -0.356 e. The van der Waals surface area contributed by atoms with Crippen LogP contribution in [0, 0.1) is 11.8 Å². The second kappa shape index (κ2) is 4.04. The highest BCUT2D eigenvalue weighted by molar-refractivity contribution is 5.81. The maximum absolute atomic E-state index is 11.5. The predicted molar refractivity (Wildman–Crippen MR) is 57.2 cm³/mol. The third-order valence-electron chi connectivity index (χ3n) is 3.27. The lowest BCUT2D eigenvalue weighted by Gasteiger charge is -2.14. The molecule has 0 spiro atoms. The Morgan fingerprint density at radius 1 is 1.67 bits per heavy atom. The second-order valence-corrected chi connectivity index (χ2v) is 4.22. The molecule has 2 heterocycles. The van der Waals surface area contributed by atoms with Crippen LogP contribution >= 0.6 is 0 Å². The van der Waals surface area contributed by atoms with Gasteiger partial charge in [-0.15, -0.1) is 0 Å². The Kier molecular flexibility index (Phi) is 2.75. The number of aryl methyl sites for hydroxylation is 1. The number of hydrogen-bond acceptors (Lipinski definition) is 2. The summed E-state index contributed by atoms with van der Waals surface area (Å²) in [4.78, 5) is 15.6. The van der Waals surface area contributed by atoms with Crippen molar-refractivity contribution in [3.63, 3.8) is 0 Å². The minimum atomic E-state index is 0.180. The monoisotopic (exact) mass is 207 g/mol. The Balaban J connectivity index is 2.06. The van der Waals surface area contributed by atoms with E-state index in [1.807, 2.05) is 17.8 Å². The summed E-state index contributed by atoms with van der Waals surface area (Å²) in [5, 5.41) is 2.93. The van der Waals surface area contributed by atoms with Gasteiger partial charge in [0.1, 0.15) is 0 Å². The number of imidazole rings is 1. The van der Waals surface area contributed by atoms with Gasteiger partial charge in [-0.25, -0.2) is 4.98 Å². The first-order valence-electron chi connectivity index (χ1n) is 5.45. The molecular weight excluding hydrogens is 190 g/mol. The standard InChI is InChI=1S/C11H17N3O/c1-3-10-8(5-13-11(10)15)4-9-6-12-7-14(9)2/h6-8,10H,3-5H2,1-2H3,(H,13,15)/t8-,10+/m0/s1. The molecule has 1 aromatic rings. The average molecular weight is 207 g/mol. The Bertz CT molecular complexity index is 358. The van der Waals surface area contributed by atoms with E-state index in [1.165, 1.54) is 5.69 Å². The molecule has 1 saturated heterocycles. The number of carbonyl (C=O) groups excluding carboxylic acids is 1. The van der Waals surface area contributed by atoms with Gasteiger partial charge in [-0.2, -0.15) is 0 Å². The van der Waals surface area contributed by atoms with E-state index in [1.54, 1.807) is 6.33 Å². The van der Waals surface area contributed by atoms with E-state index in [9.17, 15) is 4.79 Å². The van der Waals surface area contributed by atoms with Crippen LogP contribution in [0.15, 0.2) is 12.5 Å². The smallest absolute Gasteiger partial charge is 0.223 e. The summed E-state index contributed by atoms with van der Waals surface area (Å²) in [6, 6.07) is 0. The highest BCUT2D eigenvalue weighted by atomic mass is 16.2. The number of rotatable bonds is 3. The molecule has 2 rings (SSSR count). The summed E-state index contributed by atoms with van der Waals surface area (Å²) in [5.74, 6) is 0.822. The molecule has 82 valence electrons. The van der Waals surface area contributed by atoms with Crippen molar-refractivity contribution in [2.24, 2.45) is 18.9 Å². The summed E-state index contributed by atoms with van der Waals surface area (Å²) in [5.41, 5.74) is 1.20. The molecule has 0 unspecified atom stereocenters. The molecule has 0 aliphatic carbocycles. The van der Waals surface area contributed by atoms with Gasteiger partial charge in [-0.3, -0.25) is 4.79 Å². The van der Waals surface area contributed by atoms with Gasteiger partial charge in [-0.05, 0) is 18.8 Å². The van der Waals surface area contributed by atoms with Gasteiger partial charge in [0.2, 0.25) is 5.91 Å². The number of carbonyl (C=O) groups is 1. The van der Waals surface area contributed by atoms with Gasteiger partial charge < -0.3 is 9.88 Å². The molecule has 1 aliphatic rings. The SMILES string of the molecule is CC[C@H]1C(=O)NC[C@@H]1Cc1cncn1C. The lowest BCUT2D eigenvalue weighted by atomic mass is 9.89. The first-order chi connectivity index (χ1) is 7.22. The van der Waals surface area contributed by atoms with Crippen LogP contribution in [0.2, 0.25) is 0 Å². The van der Waals surface area contributed by atoms with Crippen molar-refractivity contribution >= 4 is 5.91 Å². The first-order valence-corrected chi connectivity index (χ1v) is 5.45. The molecule has 0 radical (unpaired) electrons. The lowest BCUT2D eigenvalue weighted by molar-refractivity contribution is -0.123. The number of nitrogens with one attached hydrogen (secondary N) is 1. The second-order valence-electron chi connectivity index (χ2n) is 4.22. The molecule has 15 heavy (non-hydrogen) atoms. The van der Waals surface area contributed by atoms with Crippen LogP contribution in [0.4, 0.5) is 0 Å². The number of aromatic nitrogens is 2. The number of nitrogens with zero attached hydrogens (tertiary/aromatic N) is 2. The molecule has 0 aromatic carbocycles. The van der Waals surface area contributed by atoms with Crippen LogP contribution in [-0.2, 0) is 18.3 Å². The van der Waals surface area contributed by atoms with Crippen molar-refractivity contribution < 1.29 is 4.79 Å². The van der Waals surface area contributed by atoms with Gasteiger partial charge in [0.25, 0.3) is 0 Å². The Hall–Kier alpha value is -1.32. The van der Waals surface area contributed by atoms with Gasteiger partial charge in [-0.1, -0.05) is 6.92 Å². The fourth-order valence-corrected chi connectivity index (χ4v) is 2.30. The molecule has 4 nitrogen and oxygen atoms in total. The zero-order chi connectivity index (χ0) is 10.8. The molecule has 1 aliphatic heterocycles. The summed E-state index contributed by atoms with van der Waals surface area (Å²) >= 11 is 0. The van der Waals surface area contributed by atoms with Gasteiger partial charge in [0, 0.05) is 31.4 Å². The maximum atomic E-state index is 11.5. The fraction of sp³-hybridized carbons (Fsp3) is 0.636. The molecular formula is C11H17N3O. The molecule has 4 heteroatoms. The maximum Gasteiger partial charge on any atom is 0.223 e. The van der Waals surface area contributed by atoms with Gasteiger partial charge in [0.05, 0.1) is 6.33 Å². The number of hydrogen-bond donors (Lipinski definition) is 1. The normalized spacial score (nSPS) is 25.6. The van der Waals surface area contributed by atoms with E-state index in [2.05, 4.69) is 17.2 Å². The van der Waals surface area contributed by atoms with E-state index in [0.717, 1.165) is 19.4 Å². The van der Waals surface area contributed by atoms with Crippen molar-refractivity contribution in [2.45, 2.75) is 19.8 Å².